The monoisotopic (exact) mass is 491 g/mol. The number of likely N-dealkylation sites (tertiary alicyclic amines) is 1. The molecule has 4 rings (SSSR count). The lowest BCUT2D eigenvalue weighted by Gasteiger charge is -2.30. The van der Waals surface area contributed by atoms with Crippen molar-refractivity contribution in [1.29, 1.82) is 0 Å². The lowest BCUT2D eigenvalue weighted by molar-refractivity contribution is -0.142. The Bertz CT molecular complexity index is 1080. The third-order valence-corrected chi connectivity index (χ3v) is 7.01. The first kappa shape index (κ1) is 25.7. The van der Waals surface area contributed by atoms with Gasteiger partial charge in [0.15, 0.2) is 0 Å². The number of nitrogens with zero attached hydrogens (tertiary/aromatic N) is 2. The Morgan fingerprint density at radius 2 is 1.75 bits per heavy atom. The Hall–Kier alpha value is -3.36. The molecule has 8 nitrogen and oxygen atoms in total. The van der Waals surface area contributed by atoms with E-state index in [0.717, 1.165) is 29.5 Å². The summed E-state index contributed by atoms with van der Waals surface area (Å²) in [5, 5.41) is 14.6. The van der Waals surface area contributed by atoms with Crippen LogP contribution in [0.15, 0.2) is 66.5 Å². The van der Waals surface area contributed by atoms with Crippen LogP contribution in [0.3, 0.4) is 0 Å². The maximum Gasteiger partial charge on any atom is 0.247 e. The summed E-state index contributed by atoms with van der Waals surface area (Å²) in [6.45, 7) is 3.73. The lowest BCUT2D eigenvalue weighted by Crippen LogP contribution is -2.54. The average molecular weight is 492 g/mol. The minimum Gasteiger partial charge on any atom is -0.401 e. The third kappa shape index (κ3) is 6.25. The van der Waals surface area contributed by atoms with E-state index in [0.29, 0.717) is 18.0 Å². The molecule has 1 aliphatic carbocycles. The zero-order valence-corrected chi connectivity index (χ0v) is 21.0. The van der Waals surface area contributed by atoms with Crippen LogP contribution in [0.4, 0.5) is 0 Å². The van der Waals surface area contributed by atoms with Gasteiger partial charge >= 0.3 is 0 Å². The average Bonchev–Trinajstić information content (AvgIpc) is 3.65. The van der Waals surface area contributed by atoms with E-state index < -0.39 is 18.2 Å². The van der Waals surface area contributed by atoms with Crippen LogP contribution in [0.2, 0.25) is 0 Å². The number of carbonyl (C=O) groups excluding carboxylic acids is 2. The molecule has 36 heavy (non-hydrogen) atoms. The molecular formula is C28H37N5O3. The van der Waals surface area contributed by atoms with Gasteiger partial charge in [0.1, 0.15) is 12.1 Å². The van der Waals surface area contributed by atoms with E-state index >= 15 is 0 Å². The summed E-state index contributed by atoms with van der Waals surface area (Å²) in [4.78, 5) is 27.7. The summed E-state index contributed by atoms with van der Waals surface area (Å²) < 4.78 is 0. The van der Waals surface area contributed by atoms with Crippen LogP contribution in [0, 0.1) is 5.92 Å². The van der Waals surface area contributed by atoms with Crippen LogP contribution in [0.1, 0.15) is 38.7 Å². The predicted octanol–water partition coefficient (Wildman–Crippen LogP) is 2.14. The number of aliphatic hydroxyl groups excluding tert-OH is 1. The largest absolute Gasteiger partial charge is 0.401 e. The fourth-order valence-electron chi connectivity index (χ4n) is 4.69. The van der Waals surface area contributed by atoms with Gasteiger partial charge in [-0.25, -0.2) is 5.84 Å². The fourth-order valence-corrected chi connectivity index (χ4v) is 4.69. The molecule has 0 radical (unpaired) electrons. The van der Waals surface area contributed by atoms with Crippen molar-refractivity contribution in [2.24, 2.45) is 17.5 Å². The van der Waals surface area contributed by atoms with Gasteiger partial charge in [0.05, 0.1) is 6.10 Å². The SMILES string of the molecule is CC(Cc1ccc(-c2ccccc2)cc1)NC(=O)C1CC(O)CN1C(=O)C(C)N(N)/C=C(\N)C1CC1. The van der Waals surface area contributed by atoms with Gasteiger partial charge in [0.2, 0.25) is 11.8 Å². The Morgan fingerprint density at radius 3 is 2.39 bits per heavy atom. The van der Waals surface area contributed by atoms with Gasteiger partial charge in [-0.05, 0) is 49.8 Å². The second kappa shape index (κ2) is 11.1. The number of hydrazine groups is 1. The van der Waals surface area contributed by atoms with Crippen LogP contribution in [0.25, 0.3) is 11.1 Å². The van der Waals surface area contributed by atoms with Crippen molar-refractivity contribution in [1.82, 2.24) is 15.2 Å². The molecule has 0 aromatic heterocycles. The Kier molecular flexibility index (Phi) is 7.96. The van der Waals surface area contributed by atoms with Gasteiger partial charge < -0.3 is 26.1 Å². The van der Waals surface area contributed by atoms with Crippen LogP contribution in [-0.2, 0) is 16.0 Å². The molecular weight excluding hydrogens is 454 g/mol. The summed E-state index contributed by atoms with van der Waals surface area (Å²) >= 11 is 0. The maximum atomic E-state index is 13.2. The summed E-state index contributed by atoms with van der Waals surface area (Å²) in [5.74, 6) is 5.85. The molecule has 1 heterocycles. The first-order valence-corrected chi connectivity index (χ1v) is 12.7. The van der Waals surface area contributed by atoms with Crippen molar-refractivity contribution in [3.05, 3.63) is 72.1 Å². The molecule has 1 saturated heterocycles. The molecule has 0 spiro atoms. The summed E-state index contributed by atoms with van der Waals surface area (Å²) in [6, 6.07) is 16.9. The maximum absolute atomic E-state index is 13.2. The lowest BCUT2D eigenvalue weighted by atomic mass is 10.0. The molecule has 4 atom stereocenters. The van der Waals surface area contributed by atoms with Gasteiger partial charge in [-0.2, -0.15) is 0 Å². The van der Waals surface area contributed by atoms with Crippen LogP contribution in [0.5, 0.6) is 0 Å². The van der Waals surface area contributed by atoms with Crippen molar-refractivity contribution >= 4 is 11.8 Å². The molecule has 8 heteroatoms. The van der Waals surface area contributed by atoms with Crippen LogP contribution in [-0.4, -0.2) is 57.6 Å². The number of rotatable bonds is 9. The van der Waals surface area contributed by atoms with Crippen LogP contribution < -0.4 is 16.9 Å². The third-order valence-electron chi connectivity index (χ3n) is 7.01. The highest BCUT2D eigenvalue weighted by Crippen LogP contribution is 2.33. The number of amides is 2. The Labute approximate surface area is 212 Å². The number of β-amino-alcohol motifs (C(OH)–C–C–N with tert-alkyl or cyclic N) is 1. The van der Waals surface area contributed by atoms with E-state index in [1.165, 1.54) is 9.91 Å². The number of allylic oxidation sites excluding steroid dienone is 1. The summed E-state index contributed by atoms with van der Waals surface area (Å²) in [7, 11) is 0. The van der Waals surface area contributed by atoms with Gasteiger partial charge in [-0.15, -0.1) is 0 Å². The van der Waals surface area contributed by atoms with E-state index in [-0.39, 0.29) is 30.8 Å². The van der Waals surface area contributed by atoms with E-state index in [9.17, 15) is 14.7 Å². The topological polar surface area (TPSA) is 125 Å². The predicted molar refractivity (Wildman–Crippen MR) is 140 cm³/mol. The number of nitrogens with two attached hydrogens (primary N) is 2. The zero-order valence-electron chi connectivity index (χ0n) is 21.0. The molecule has 6 N–H and O–H groups in total. The minimum absolute atomic E-state index is 0.103. The van der Waals surface area contributed by atoms with Gasteiger partial charge in [0, 0.05) is 36.8 Å². The molecule has 2 aliphatic rings. The smallest absolute Gasteiger partial charge is 0.247 e. The van der Waals surface area contributed by atoms with Gasteiger partial charge in [0.25, 0.3) is 0 Å². The molecule has 1 saturated carbocycles. The molecule has 2 fully saturated rings. The molecule has 192 valence electrons. The molecule has 0 bridgehead atoms. The molecule has 2 aromatic carbocycles. The first-order valence-electron chi connectivity index (χ1n) is 12.7. The summed E-state index contributed by atoms with van der Waals surface area (Å²) in [5.41, 5.74) is 10.1. The molecule has 2 amide bonds. The second-order valence-corrected chi connectivity index (χ2v) is 10.1. The number of hydrogen-bond donors (Lipinski definition) is 4. The second-order valence-electron chi connectivity index (χ2n) is 10.1. The highest BCUT2D eigenvalue weighted by molar-refractivity contribution is 5.90. The fraction of sp³-hybridized carbons (Fsp3) is 0.429. The number of benzene rings is 2. The van der Waals surface area contributed by atoms with Crippen molar-refractivity contribution < 1.29 is 14.7 Å². The number of carbonyl (C=O) groups is 2. The standard InChI is InChI=1S/C28H37N5O3/c1-18(14-20-8-10-22(11-9-20)21-6-4-3-5-7-21)31-27(35)26-15-24(34)16-32(26)28(36)19(2)33(30)17-25(29)23-12-13-23/h3-11,17-19,23-24,26,34H,12-16,29-30H2,1-2H3,(H,31,35)/b25-17-. The van der Waals surface area contributed by atoms with Crippen molar-refractivity contribution in [3.63, 3.8) is 0 Å². The summed E-state index contributed by atoms with van der Waals surface area (Å²) in [6.07, 6.45) is 3.78. The highest BCUT2D eigenvalue weighted by atomic mass is 16.3. The zero-order chi connectivity index (χ0) is 25.8. The minimum atomic E-state index is -0.754. The Morgan fingerprint density at radius 1 is 1.11 bits per heavy atom. The normalized spacial score (nSPS) is 21.7. The quantitative estimate of drug-likeness (QED) is 0.315. The molecule has 1 aliphatic heterocycles. The van der Waals surface area contributed by atoms with Gasteiger partial charge in [-0.1, -0.05) is 54.6 Å². The van der Waals surface area contributed by atoms with E-state index in [1.807, 2.05) is 25.1 Å². The van der Waals surface area contributed by atoms with E-state index in [1.54, 1.807) is 13.1 Å². The van der Waals surface area contributed by atoms with Crippen molar-refractivity contribution in [3.8, 4) is 11.1 Å². The van der Waals surface area contributed by atoms with E-state index in [2.05, 4.69) is 41.7 Å². The van der Waals surface area contributed by atoms with E-state index in [4.69, 9.17) is 11.6 Å². The van der Waals surface area contributed by atoms with Crippen LogP contribution >= 0.6 is 0 Å². The van der Waals surface area contributed by atoms with Gasteiger partial charge in [-0.3, -0.25) is 9.59 Å². The number of aliphatic hydroxyl groups is 1. The highest BCUT2D eigenvalue weighted by Gasteiger charge is 2.41. The number of hydrogen-bond acceptors (Lipinski definition) is 6. The molecule has 2 aromatic rings. The Balaban J connectivity index is 1.34. The van der Waals surface area contributed by atoms with Crippen molar-refractivity contribution in [2.75, 3.05) is 6.54 Å². The number of nitrogens with one attached hydrogen (secondary N) is 1. The van der Waals surface area contributed by atoms with Crippen molar-refractivity contribution in [2.45, 2.75) is 63.8 Å². The first-order chi connectivity index (χ1) is 17.2. The molecule has 4 unspecified atom stereocenters.